The number of fused-ring (bicyclic) bond motifs is 4. The molecule has 0 N–H and O–H groups in total. The van der Waals surface area contributed by atoms with E-state index in [2.05, 4.69) is 19.8 Å². The van der Waals surface area contributed by atoms with Gasteiger partial charge in [-0.25, -0.2) is 0 Å². The Morgan fingerprint density at radius 1 is 1.10 bits per heavy atom. The summed E-state index contributed by atoms with van der Waals surface area (Å²) in [4.78, 5) is 0. The van der Waals surface area contributed by atoms with Gasteiger partial charge in [0.15, 0.2) is 5.79 Å². The fourth-order valence-corrected chi connectivity index (χ4v) is 5.89. The zero-order chi connectivity index (χ0) is 14.7. The Hall–Kier alpha value is -0.560. The van der Waals surface area contributed by atoms with Crippen molar-refractivity contribution in [2.24, 2.45) is 16.7 Å². The van der Waals surface area contributed by atoms with Crippen LogP contribution in [0.1, 0.15) is 52.4 Å². The molecule has 2 saturated heterocycles. The van der Waals surface area contributed by atoms with Crippen LogP contribution in [0.15, 0.2) is 0 Å². The highest BCUT2D eigenvalue weighted by atomic mass is 16.7. The lowest BCUT2D eigenvalue weighted by molar-refractivity contribution is -0.312. The maximum atomic E-state index is 6.22. The van der Waals surface area contributed by atoms with Crippen LogP contribution in [0.5, 0.6) is 0 Å². The van der Waals surface area contributed by atoms with Crippen molar-refractivity contribution in [3.8, 4) is 12.3 Å². The first-order valence-electron chi connectivity index (χ1n) is 8.44. The minimum Gasteiger partial charge on any atom is -0.362 e. The second-order valence-corrected chi connectivity index (χ2v) is 7.76. The minimum absolute atomic E-state index is 0.00228. The third kappa shape index (κ3) is 1.62. The van der Waals surface area contributed by atoms with Crippen LogP contribution in [0, 0.1) is 29.1 Å². The third-order valence-corrected chi connectivity index (χ3v) is 7.25. The Balaban J connectivity index is 1.74. The summed E-state index contributed by atoms with van der Waals surface area (Å²) in [5, 5.41) is 0. The Morgan fingerprint density at radius 2 is 1.86 bits per heavy atom. The molecule has 0 aromatic carbocycles. The van der Waals surface area contributed by atoms with Gasteiger partial charge in [0.05, 0.1) is 19.3 Å². The van der Waals surface area contributed by atoms with E-state index < -0.39 is 0 Å². The highest BCUT2D eigenvalue weighted by molar-refractivity contribution is 5.16. The van der Waals surface area contributed by atoms with Crippen molar-refractivity contribution in [1.29, 1.82) is 0 Å². The normalized spacial score (nSPS) is 51.4. The molecular formula is C18H26O3. The van der Waals surface area contributed by atoms with Crippen LogP contribution in [-0.4, -0.2) is 31.2 Å². The summed E-state index contributed by atoms with van der Waals surface area (Å²) in [6, 6.07) is 0. The van der Waals surface area contributed by atoms with Gasteiger partial charge in [-0.15, -0.1) is 6.42 Å². The molecule has 2 saturated carbocycles. The lowest BCUT2D eigenvalue weighted by Gasteiger charge is -2.63. The Kier molecular flexibility index (Phi) is 2.99. The molecule has 2 heterocycles. The van der Waals surface area contributed by atoms with Crippen molar-refractivity contribution in [2.45, 2.75) is 70.4 Å². The molecule has 116 valence electrons. The summed E-state index contributed by atoms with van der Waals surface area (Å²) in [6.45, 7) is 6.32. The van der Waals surface area contributed by atoms with Gasteiger partial charge in [0.25, 0.3) is 0 Å². The average Bonchev–Trinajstić information content (AvgIpc) is 3.10. The number of terminal acetylenes is 1. The predicted molar refractivity (Wildman–Crippen MR) is 79.5 cm³/mol. The molecule has 2 aliphatic carbocycles. The fraction of sp³-hybridized carbons (Fsp3) is 0.889. The zero-order valence-corrected chi connectivity index (χ0v) is 13.2. The maximum absolute atomic E-state index is 6.22. The second-order valence-electron chi connectivity index (χ2n) is 7.76. The van der Waals surface area contributed by atoms with Gasteiger partial charge in [0.2, 0.25) is 0 Å². The van der Waals surface area contributed by atoms with Crippen molar-refractivity contribution >= 4 is 0 Å². The smallest absolute Gasteiger partial charge is 0.174 e. The lowest BCUT2D eigenvalue weighted by Crippen LogP contribution is -2.64. The summed E-state index contributed by atoms with van der Waals surface area (Å²) < 4.78 is 18.5. The van der Waals surface area contributed by atoms with Crippen molar-refractivity contribution in [3.63, 3.8) is 0 Å². The molecule has 3 nitrogen and oxygen atoms in total. The molecule has 21 heavy (non-hydrogen) atoms. The van der Waals surface area contributed by atoms with Crippen molar-refractivity contribution in [2.75, 3.05) is 13.2 Å². The van der Waals surface area contributed by atoms with E-state index in [1.807, 2.05) is 0 Å². The predicted octanol–water partition coefficient (Wildman–Crippen LogP) is 3.13. The zero-order valence-electron chi connectivity index (χ0n) is 13.2. The summed E-state index contributed by atoms with van der Waals surface area (Å²) in [6.07, 6.45) is 12.6. The topological polar surface area (TPSA) is 27.7 Å². The van der Waals surface area contributed by atoms with Gasteiger partial charge >= 0.3 is 0 Å². The van der Waals surface area contributed by atoms with Crippen LogP contribution >= 0.6 is 0 Å². The molecule has 0 aromatic heterocycles. The second kappa shape index (κ2) is 4.47. The van der Waals surface area contributed by atoms with E-state index >= 15 is 0 Å². The standard InChI is InChI=1S/C18H26O3/c1-4-13-12-14-15(21-13)6-9-17(3)16(14,2)7-5-8-18(17)19-10-11-20-18/h1,13-15H,5-12H2,2-3H3/t13-,14?,15+,16-,17+/m1/s1. The number of ether oxygens (including phenoxy) is 3. The van der Waals surface area contributed by atoms with Crippen LogP contribution < -0.4 is 0 Å². The monoisotopic (exact) mass is 290 g/mol. The van der Waals surface area contributed by atoms with Gasteiger partial charge < -0.3 is 14.2 Å². The fourth-order valence-electron chi connectivity index (χ4n) is 5.89. The van der Waals surface area contributed by atoms with Gasteiger partial charge in [-0.05, 0) is 43.4 Å². The van der Waals surface area contributed by atoms with Gasteiger partial charge in [-0.1, -0.05) is 19.8 Å². The third-order valence-electron chi connectivity index (χ3n) is 7.25. The summed E-state index contributed by atoms with van der Waals surface area (Å²) in [5.74, 6) is 3.00. The summed E-state index contributed by atoms with van der Waals surface area (Å²) in [5.41, 5.74) is 0.271. The van der Waals surface area contributed by atoms with Crippen molar-refractivity contribution in [1.82, 2.24) is 0 Å². The first-order chi connectivity index (χ1) is 10.0. The largest absolute Gasteiger partial charge is 0.362 e. The number of hydrogen-bond donors (Lipinski definition) is 0. The van der Waals surface area contributed by atoms with E-state index in [9.17, 15) is 0 Å². The van der Waals surface area contributed by atoms with Crippen LogP contribution in [0.25, 0.3) is 0 Å². The van der Waals surface area contributed by atoms with Crippen LogP contribution in [0.2, 0.25) is 0 Å². The quantitative estimate of drug-likeness (QED) is 0.642. The lowest BCUT2D eigenvalue weighted by atomic mass is 9.45. The van der Waals surface area contributed by atoms with Gasteiger partial charge in [-0.2, -0.15) is 0 Å². The van der Waals surface area contributed by atoms with E-state index in [1.165, 1.54) is 12.8 Å². The molecule has 3 heteroatoms. The molecule has 1 spiro atoms. The Labute approximate surface area is 127 Å². The molecule has 0 bridgehead atoms. The molecule has 4 fully saturated rings. The molecular weight excluding hydrogens is 264 g/mol. The Morgan fingerprint density at radius 3 is 2.57 bits per heavy atom. The molecule has 4 rings (SSSR count). The van der Waals surface area contributed by atoms with E-state index in [1.54, 1.807) is 0 Å². The minimum atomic E-state index is -0.362. The van der Waals surface area contributed by atoms with Crippen LogP contribution in [0.4, 0.5) is 0 Å². The van der Waals surface area contributed by atoms with Gasteiger partial charge in [0, 0.05) is 11.8 Å². The molecule has 0 amide bonds. The van der Waals surface area contributed by atoms with Crippen molar-refractivity contribution < 1.29 is 14.2 Å². The first-order valence-corrected chi connectivity index (χ1v) is 8.44. The van der Waals surface area contributed by atoms with E-state index in [0.717, 1.165) is 38.9 Å². The summed E-state index contributed by atoms with van der Waals surface area (Å²) in [7, 11) is 0. The van der Waals surface area contributed by atoms with Gasteiger partial charge in [0.1, 0.15) is 6.10 Å². The SMILES string of the molecule is C#C[C@@H]1CC2[C@H](CC[C@]3(C)C4(CCC[C@]23C)OCCO4)O1. The van der Waals surface area contributed by atoms with E-state index in [4.69, 9.17) is 20.6 Å². The molecule has 2 aliphatic heterocycles. The molecule has 5 atom stereocenters. The van der Waals surface area contributed by atoms with Crippen LogP contribution in [-0.2, 0) is 14.2 Å². The Bertz CT molecular complexity index is 475. The molecule has 4 aliphatic rings. The van der Waals surface area contributed by atoms with Crippen molar-refractivity contribution in [3.05, 3.63) is 0 Å². The van der Waals surface area contributed by atoms with E-state index in [-0.39, 0.29) is 22.7 Å². The highest BCUT2D eigenvalue weighted by Crippen LogP contribution is 2.68. The maximum Gasteiger partial charge on any atom is 0.174 e. The van der Waals surface area contributed by atoms with Crippen LogP contribution in [0.3, 0.4) is 0 Å². The molecule has 0 aromatic rings. The highest BCUT2D eigenvalue weighted by Gasteiger charge is 2.69. The van der Waals surface area contributed by atoms with Gasteiger partial charge in [-0.3, -0.25) is 0 Å². The number of rotatable bonds is 0. The number of hydrogen-bond acceptors (Lipinski definition) is 3. The average molecular weight is 290 g/mol. The molecule has 0 radical (unpaired) electrons. The first kappa shape index (κ1) is 14.1. The molecule has 1 unspecified atom stereocenters. The summed E-state index contributed by atoms with van der Waals surface area (Å²) >= 11 is 0. The van der Waals surface area contributed by atoms with E-state index in [0.29, 0.717) is 12.0 Å².